The number of nitrogen functional groups attached to an aromatic ring is 1. The number of hydrogen-bond donors (Lipinski definition) is 1. The Balaban J connectivity index is 1.90. The van der Waals surface area contributed by atoms with Crippen molar-refractivity contribution in [1.82, 2.24) is 19.9 Å². The van der Waals surface area contributed by atoms with Gasteiger partial charge < -0.3 is 10.3 Å². The number of para-hydroxylation sites is 2. The molecule has 0 amide bonds. The Hall–Kier alpha value is -2.37. The summed E-state index contributed by atoms with van der Waals surface area (Å²) < 4.78 is 6.89. The predicted molar refractivity (Wildman–Crippen MR) is 86.2 cm³/mol. The van der Waals surface area contributed by atoms with E-state index in [1.165, 1.54) is 25.7 Å². The maximum absolute atomic E-state index is 5.84. The second-order valence-electron chi connectivity index (χ2n) is 5.49. The molecule has 0 unspecified atom stereocenters. The van der Waals surface area contributed by atoms with Crippen LogP contribution in [-0.4, -0.2) is 19.9 Å². The van der Waals surface area contributed by atoms with Gasteiger partial charge in [0.15, 0.2) is 17.3 Å². The second kappa shape index (κ2) is 6.60. The van der Waals surface area contributed by atoms with E-state index in [4.69, 9.17) is 10.4 Å². The number of anilines is 1. The van der Waals surface area contributed by atoms with Gasteiger partial charge in [-0.15, -0.1) is 0 Å². The van der Waals surface area contributed by atoms with Gasteiger partial charge in [0.05, 0.1) is 11.0 Å². The zero-order valence-corrected chi connectivity index (χ0v) is 12.8. The van der Waals surface area contributed by atoms with Crippen LogP contribution in [0.1, 0.15) is 39.0 Å². The summed E-state index contributed by atoms with van der Waals surface area (Å²) in [5.74, 6) is 1.01. The number of imidazole rings is 1. The van der Waals surface area contributed by atoms with Crippen molar-refractivity contribution in [3.63, 3.8) is 0 Å². The Morgan fingerprint density at radius 3 is 2.68 bits per heavy atom. The van der Waals surface area contributed by atoms with E-state index in [-0.39, 0.29) is 5.82 Å². The van der Waals surface area contributed by atoms with Crippen LogP contribution < -0.4 is 5.73 Å². The smallest absolute Gasteiger partial charge is 0.199 e. The third-order valence-electron chi connectivity index (χ3n) is 3.87. The van der Waals surface area contributed by atoms with Crippen LogP contribution in [0.3, 0.4) is 0 Å². The molecule has 0 aliphatic carbocycles. The first-order chi connectivity index (χ1) is 10.8. The van der Waals surface area contributed by atoms with E-state index in [0.717, 1.165) is 29.8 Å². The SMILES string of the molecule is CCCCCCCn1c(-c2nonc2N)nc2ccccc21. The van der Waals surface area contributed by atoms with Gasteiger partial charge in [-0.25, -0.2) is 9.61 Å². The first kappa shape index (κ1) is 14.6. The van der Waals surface area contributed by atoms with Crippen LogP contribution in [0.4, 0.5) is 5.82 Å². The number of benzene rings is 1. The lowest BCUT2D eigenvalue weighted by Gasteiger charge is -2.07. The van der Waals surface area contributed by atoms with E-state index in [1.807, 2.05) is 18.2 Å². The standard InChI is InChI=1S/C16H21N5O/c1-2-3-4-5-8-11-21-13-10-7-6-9-12(13)18-16(21)14-15(17)20-22-19-14/h6-7,9-10H,2-5,8,11H2,1H3,(H2,17,20). The van der Waals surface area contributed by atoms with Gasteiger partial charge in [-0.2, -0.15) is 0 Å². The Kier molecular flexibility index (Phi) is 4.37. The number of aryl methyl sites for hydroxylation is 1. The molecule has 116 valence electrons. The Labute approximate surface area is 129 Å². The molecule has 0 fully saturated rings. The van der Waals surface area contributed by atoms with E-state index in [9.17, 15) is 0 Å². The van der Waals surface area contributed by atoms with E-state index in [0.29, 0.717) is 5.69 Å². The van der Waals surface area contributed by atoms with Crippen molar-refractivity contribution in [2.75, 3.05) is 5.73 Å². The molecule has 1 aromatic carbocycles. The topological polar surface area (TPSA) is 82.8 Å². The molecule has 0 bridgehead atoms. The van der Waals surface area contributed by atoms with Gasteiger partial charge in [-0.1, -0.05) is 44.7 Å². The summed E-state index contributed by atoms with van der Waals surface area (Å²) in [6.07, 6.45) is 6.13. The van der Waals surface area contributed by atoms with E-state index in [2.05, 4.69) is 32.9 Å². The van der Waals surface area contributed by atoms with Crippen molar-refractivity contribution in [2.24, 2.45) is 0 Å². The van der Waals surface area contributed by atoms with Crippen LogP contribution >= 0.6 is 0 Å². The lowest BCUT2D eigenvalue weighted by atomic mass is 10.1. The molecule has 3 aromatic rings. The molecule has 6 heteroatoms. The maximum atomic E-state index is 5.84. The zero-order valence-electron chi connectivity index (χ0n) is 12.8. The summed E-state index contributed by atoms with van der Waals surface area (Å²) in [4.78, 5) is 4.65. The summed E-state index contributed by atoms with van der Waals surface area (Å²) in [5, 5.41) is 7.57. The second-order valence-corrected chi connectivity index (χ2v) is 5.49. The van der Waals surface area contributed by atoms with E-state index in [1.54, 1.807) is 0 Å². The van der Waals surface area contributed by atoms with Crippen LogP contribution in [0.5, 0.6) is 0 Å². The van der Waals surface area contributed by atoms with Crippen molar-refractivity contribution >= 4 is 16.9 Å². The molecule has 2 heterocycles. The quantitative estimate of drug-likeness (QED) is 0.673. The molecule has 2 aromatic heterocycles. The molecular formula is C16H21N5O. The van der Waals surface area contributed by atoms with Gasteiger partial charge in [0.1, 0.15) is 0 Å². The number of nitrogens with zero attached hydrogens (tertiary/aromatic N) is 4. The summed E-state index contributed by atoms with van der Waals surface area (Å²) in [6.45, 7) is 3.12. The summed E-state index contributed by atoms with van der Waals surface area (Å²) >= 11 is 0. The van der Waals surface area contributed by atoms with Gasteiger partial charge in [0.25, 0.3) is 0 Å². The number of fused-ring (bicyclic) bond motifs is 1. The summed E-state index contributed by atoms with van der Waals surface area (Å²) in [5.41, 5.74) is 8.39. The average molecular weight is 299 g/mol. The number of nitrogens with two attached hydrogens (primary N) is 1. The highest BCUT2D eigenvalue weighted by atomic mass is 16.6. The molecule has 0 saturated carbocycles. The van der Waals surface area contributed by atoms with Crippen LogP contribution in [0, 0.1) is 0 Å². The molecule has 0 saturated heterocycles. The van der Waals surface area contributed by atoms with Crippen LogP contribution in [0.25, 0.3) is 22.6 Å². The predicted octanol–water partition coefficient (Wildman–Crippen LogP) is 3.64. The number of aromatic nitrogens is 4. The van der Waals surface area contributed by atoms with Crippen molar-refractivity contribution in [3.8, 4) is 11.5 Å². The van der Waals surface area contributed by atoms with E-state index < -0.39 is 0 Å². The Morgan fingerprint density at radius 1 is 1.09 bits per heavy atom. The Bertz CT molecular complexity index is 746. The van der Waals surface area contributed by atoms with E-state index >= 15 is 0 Å². The third kappa shape index (κ3) is 2.81. The molecule has 0 aliphatic heterocycles. The molecule has 0 spiro atoms. The minimum Gasteiger partial charge on any atom is -0.379 e. The fourth-order valence-corrected chi connectivity index (χ4v) is 2.71. The minimum absolute atomic E-state index is 0.280. The largest absolute Gasteiger partial charge is 0.379 e. The fourth-order valence-electron chi connectivity index (χ4n) is 2.71. The van der Waals surface area contributed by atoms with Crippen molar-refractivity contribution < 1.29 is 4.63 Å². The van der Waals surface area contributed by atoms with Crippen molar-refractivity contribution in [2.45, 2.75) is 45.6 Å². The number of rotatable bonds is 7. The first-order valence-corrected chi connectivity index (χ1v) is 7.85. The minimum atomic E-state index is 0.280. The molecule has 3 rings (SSSR count). The van der Waals surface area contributed by atoms with Gasteiger partial charge in [0, 0.05) is 6.54 Å². The van der Waals surface area contributed by atoms with Crippen molar-refractivity contribution in [3.05, 3.63) is 24.3 Å². The highest BCUT2D eigenvalue weighted by molar-refractivity contribution is 5.81. The van der Waals surface area contributed by atoms with Gasteiger partial charge in [0.2, 0.25) is 0 Å². The summed E-state index contributed by atoms with van der Waals surface area (Å²) in [6, 6.07) is 8.07. The molecule has 6 nitrogen and oxygen atoms in total. The molecule has 0 atom stereocenters. The van der Waals surface area contributed by atoms with Gasteiger partial charge in [-0.3, -0.25) is 0 Å². The highest BCUT2D eigenvalue weighted by Gasteiger charge is 2.18. The fraction of sp³-hybridized carbons (Fsp3) is 0.438. The molecule has 2 N–H and O–H groups in total. The normalized spacial score (nSPS) is 11.3. The zero-order chi connectivity index (χ0) is 15.4. The van der Waals surface area contributed by atoms with Crippen molar-refractivity contribution in [1.29, 1.82) is 0 Å². The highest BCUT2D eigenvalue weighted by Crippen LogP contribution is 2.27. The van der Waals surface area contributed by atoms with Crippen LogP contribution in [0.2, 0.25) is 0 Å². The maximum Gasteiger partial charge on any atom is 0.199 e. The average Bonchev–Trinajstić information content (AvgIpc) is 3.10. The number of unbranched alkanes of at least 4 members (excludes halogenated alkanes) is 4. The lowest BCUT2D eigenvalue weighted by Crippen LogP contribution is -2.02. The Morgan fingerprint density at radius 2 is 1.91 bits per heavy atom. The monoisotopic (exact) mass is 299 g/mol. The molecule has 22 heavy (non-hydrogen) atoms. The summed E-state index contributed by atoms with van der Waals surface area (Å²) in [7, 11) is 0. The molecule has 0 radical (unpaired) electrons. The van der Waals surface area contributed by atoms with Crippen LogP contribution in [-0.2, 0) is 6.54 Å². The lowest BCUT2D eigenvalue weighted by molar-refractivity contribution is 0.310. The molecular weight excluding hydrogens is 278 g/mol. The van der Waals surface area contributed by atoms with Gasteiger partial charge >= 0.3 is 0 Å². The van der Waals surface area contributed by atoms with Gasteiger partial charge in [-0.05, 0) is 28.9 Å². The first-order valence-electron chi connectivity index (χ1n) is 7.85. The van der Waals surface area contributed by atoms with Crippen LogP contribution in [0.15, 0.2) is 28.9 Å². The number of hydrogen-bond acceptors (Lipinski definition) is 5. The molecule has 0 aliphatic rings. The third-order valence-corrected chi connectivity index (χ3v) is 3.87.